The molecule has 0 spiro atoms. The number of pyridine rings is 1. The summed E-state index contributed by atoms with van der Waals surface area (Å²) in [6.45, 7) is 1.00. The Balaban J connectivity index is 2.03. The minimum Gasteiger partial charge on any atom is -0.386 e. The lowest BCUT2D eigenvalue weighted by molar-refractivity contribution is -0.385. The van der Waals surface area contributed by atoms with Crippen molar-refractivity contribution in [2.24, 2.45) is 0 Å². The maximum Gasteiger partial charge on any atom is 0.289 e. The van der Waals surface area contributed by atoms with Crippen LogP contribution < -0.4 is 5.32 Å². The third kappa shape index (κ3) is 2.87. The van der Waals surface area contributed by atoms with Crippen molar-refractivity contribution < 1.29 is 14.8 Å². The second-order valence-corrected chi connectivity index (χ2v) is 4.57. The number of aliphatic hydroxyl groups is 1. The van der Waals surface area contributed by atoms with Crippen molar-refractivity contribution in [3.05, 3.63) is 27.4 Å². The Morgan fingerprint density at radius 2 is 2.50 bits per heavy atom. The van der Waals surface area contributed by atoms with Crippen LogP contribution >= 0.6 is 11.6 Å². The summed E-state index contributed by atoms with van der Waals surface area (Å²) < 4.78 is 5.10. The van der Waals surface area contributed by atoms with Gasteiger partial charge in [0.1, 0.15) is 17.6 Å². The van der Waals surface area contributed by atoms with Crippen LogP contribution in [0.3, 0.4) is 0 Å². The summed E-state index contributed by atoms with van der Waals surface area (Å²) in [5.41, 5.74) is -1.11. The van der Waals surface area contributed by atoms with Crippen molar-refractivity contribution in [3.63, 3.8) is 0 Å². The van der Waals surface area contributed by atoms with Gasteiger partial charge in [0.2, 0.25) is 0 Å². The lowest BCUT2D eigenvalue weighted by Crippen LogP contribution is -2.37. The molecule has 0 radical (unpaired) electrons. The van der Waals surface area contributed by atoms with Crippen molar-refractivity contribution in [3.8, 4) is 0 Å². The first kappa shape index (κ1) is 13.0. The lowest BCUT2D eigenvalue weighted by atomic mass is 10.0. The average molecular weight is 274 g/mol. The first-order chi connectivity index (χ1) is 8.50. The van der Waals surface area contributed by atoms with Crippen molar-refractivity contribution in [1.29, 1.82) is 0 Å². The van der Waals surface area contributed by atoms with E-state index in [4.69, 9.17) is 16.3 Å². The molecule has 0 saturated carbocycles. The number of anilines is 1. The van der Waals surface area contributed by atoms with Gasteiger partial charge in [-0.3, -0.25) is 10.1 Å². The maximum absolute atomic E-state index is 10.5. The highest BCUT2D eigenvalue weighted by molar-refractivity contribution is 6.33. The molecule has 7 nitrogen and oxygen atoms in total. The number of hydrogen-bond acceptors (Lipinski definition) is 6. The fourth-order valence-corrected chi connectivity index (χ4v) is 1.87. The van der Waals surface area contributed by atoms with E-state index in [0.717, 1.165) is 6.20 Å². The molecule has 1 unspecified atom stereocenters. The second-order valence-electron chi connectivity index (χ2n) is 4.16. The lowest BCUT2D eigenvalue weighted by Gasteiger charge is -2.21. The summed E-state index contributed by atoms with van der Waals surface area (Å²) in [5, 5.41) is 23.5. The van der Waals surface area contributed by atoms with Gasteiger partial charge >= 0.3 is 0 Å². The number of halogens is 1. The van der Waals surface area contributed by atoms with E-state index in [1.807, 2.05) is 0 Å². The molecule has 1 aromatic heterocycles. The van der Waals surface area contributed by atoms with E-state index in [0.29, 0.717) is 18.8 Å². The van der Waals surface area contributed by atoms with Gasteiger partial charge in [0.15, 0.2) is 0 Å². The van der Waals surface area contributed by atoms with Crippen molar-refractivity contribution in [1.82, 2.24) is 4.98 Å². The normalized spacial score (nSPS) is 23.0. The van der Waals surface area contributed by atoms with Gasteiger partial charge in [-0.1, -0.05) is 11.6 Å². The fraction of sp³-hybridized carbons (Fsp3) is 0.500. The molecule has 0 aromatic carbocycles. The Labute approximate surface area is 108 Å². The standard InChI is InChI=1S/C10H12ClN3O4/c11-8-3-7(14(16)17)4-12-9(8)13-5-10(15)1-2-18-6-10/h3-4,15H,1-2,5-6H2,(H,12,13). The van der Waals surface area contributed by atoms with E-state index < -0.39 is 10.5 Å². The molecule has 2 rings (SSSR count). The van der Waals surface area contributed by atoms with Crippen LogP contribution in [0.15, 0.2) is 12.3 Å². The van der Waals surface area contributed by atoms with Crippen LogP contribution in [-0.2, 0) is 4.74 Å². The zero-order chi connectivity index (χ0) is 13.2. The van der Waals surface area contributed by atoms with Gasteiger partial charge in [0, 0.05) is 25.6 Å². The zero-order valence-corrected chi connectivity index (χ0v) is 10.2. The van der Waals surface area contributed by atoms with Gasteiger partial charge in [-0.15, -0.1) is 0 Å². The average Bonchev–Trinajstić information content (AvgIpc) is 2.75. The van der Waals surface area contributed by atoms with Crippen LogP contribution in [0.5, 0.6) is 0 Å². The Morgan fingerprint density at radius 3 is 3.06 bits per heavy atom. The molecular weight excluding hydrogens is 262 g/mol. The molecule has 1 fully saturated rings. The number of rotatable bonds is 4. The molecule has 2 N–H and O–H groups in total. The van der Waals surface area contributed by atoms with Crippen LogP contribution in [0.2, 0.25) is 5.02 Å². The molecule has 0 amide bonds. The topological polar surface area (TPSA) is 97.5 Å². The molecule has 0 aliphatic carbocycles. The minimum absolute atomic E-state index is 0.145. The van der Waals surface area contributed by atoms with E-state index in [9.17, 15) is 15.2 Å². The van der Waals surface area contributed by atoms with E-state index in [1.165, 1.54) is 6.07 Å². The smallest absolute Gasteiger partial charge is 0.289 e. The summed E-state index contributed by atoms with van der Waals surface area (Å²) >= 11 is 5.86. The van der Waals surface area contributed by atoms with E-state index >= 15 is 0 Å². The summed E-state index contributed by atoms with van der Waals surface area (Å²) in [7, 11) is 0. The summed E-state index contributed by atoms with van der Waals surface area (Å²) in [6.07, 6.45) is 1.65. The minimum atomic E-state index is -0.938. The highest BCUT2D eigenvalue weighted by Gasteiger charge is 2.32. The van der Waals surface area contributed by atoms with Gasteiger partial charge in [-0.25, -0.2) is 4.98 Å². The Hall–Kier alpha value is -1.44. The predicted molar refractivity (Wildman–Crippen MR) is 64.8 cm³/mol. The molecule has 1 aliphatic rings. The van der Waals surface area contributed by atoms with Gasteiger partial charge < -0.3 is 15.2 Å². The monoisotopic (exact) mass is 273 g/mol. The fourth-order valence-electron chi connectivity index (χ4n) is 1.64. The molecule has 18 heavy (non-hydrogen) atoms. The molecule has 1 saturated heterocycles. The number of nitrogens with one attached hydrogen (secondary N) is 1. The molecule has 98 valence electrons. The number of ether oxygens (including phenoxy) is 1. The van der Waals surface area contributed by atoms with Crippen LogP contribution in [0.25, 0.3) is 0 Å². The quantitative estimate of drug-likeness (QED) is 0.632. The summed E-state index contributed by atoms with van der Waals surface area (Å²) in [6, 6.07) is 1.21. The summed E-state index contributed by atoms with van der Waals surface area (Å²) in [5.74, 6) is 0.308. The van der Waals surface area contributed by atoms with Crippen LogP contribution in [0.1, 0.15) is 6.42 Å². The predicted octanol–water partition coefficient (Wildman–Crippen LogP) is 1.21. The Kier molecular flexibility index (Phi) is 3.65. The van der Waals surface area contributed by atoms with Gasteiger partial charge in [0.25, 0.3) is 5.69 Å². The first-order valence-electron chi connectivity index (χ1n) is 5.34. The van der Waals surface area contributed by atoms with Crippen molar-refractivity contribution in [2.45, 2.75) is 12.0 Å². The highest BCUT2D eigenvalue weighted by atomic mass is 35.5. The van der Waals surface area contributed by atoms with E-state index in [-0.39, 0.29) is 23.9 Å². The third-order valence-corrected chi connectivity index (χ3v) is 2.99. The number of nitro groups is 1. The maximum atomic E-state index is 10.5. The zero-order valence-electron chi connectivity index (χ0n) is 9.43. The Bertz CT molecular complexity index is 462. The van der Waals surface area contributed by atoms with E-state index in [1.54, 1.807) is 0 Å². The molecule has 1 atom stereocenters. The summed E-state index contributed by atoms with van der Waals surface area (Å²) in [4.78, 5) is 13.8. The highest BCUT2D eigenvalue weighted by Crippen LogP contribution is 2.25. The molecular formula is C10H12ClN3O4. The Morgan fingerprint density at radius 1 is 1.72 bits per heavy atom. The van der Waals surface area contributed by atoms with E-state index in [2.05, 4.69) is 10.3 Å². The van der Waals surface area contributed by atoms with Crippen molar-refractivity contribution >= 4 is 23.1 Å². The molecule has 2 heterocycles. The van der Waals surface area contributed by atoms with Crippen LogP contribution in [0, 0.1) is 10.1 Å². The van der Waals surface area contributed by atoms with Crippen LogP contribution in [-0.4, -0.2) is 40.4 Å². The first-order valence-corrected chi connectivity index (χ1v) is 5.72. The largest absolute Gasteiger partial charge is 0.386 e. The SMILES string of the molecule is O=[N+]([O-])c1cnc(NCC2(O)CCOC2)c(Cl)c1. The second kappa shape index (κ2) is 5.05. The number of nitrogens with zero attached hydrogens (tertiary/aromatic N) is 2. The van der Waals surface area contributed by atoms with Crippen molar-refractivity contribution in [2.75, 3.05) is 25.1 Å². The molecule has 1 aromatic rings. The molecule has 8 heteroatoms. The molecule has 0 bridgehead atoms. The van der Waals surface area contributed by atoms with Gasteiger partial charge in [-0.2, -0.15) is 0 Å². The van der Waals surface area contributed by atoms with Gasteiger partial charge in [0.05, 0.1) is 16.6 Å². The number of hydrogen-bond donors (Lipinski definition) is 2. The third-order valence-electron chi connectivity index (χ3n) is 2.70. The molecule has 1 aliphatic heterocycles. The number of aromatic nitrogens is 1. The van der Waals surface area contributed by atoms with Crippen LogP contribution in [0.4, 0.5) is 11.5 Å². The van der Waals surface area contributed by atoms with Gasteiger partial charge in [-0.05, 0) is 0 Å².